The minimum atomic E-state index is -0.376. The van der Waals surface area contributed by atoms with Crippen LogP contribution in [-0.4, -0.2) is 43.3 Å². The molecule has 5 heteroatoms. The number of carbonyl (C=O) groups excluding carboxylic acids is 2. The summed E-state index contributed by atoms with van der Waals surface area (Å²) in [5, 5.41) is 0. The maximum Gasteiger partial charge on any atom is 0.409 e. The Morgan fingerprint density at radius 3 is 2.88 bits per heavy atom. The fourth-order valence-corrected chi connectivity index (χ4v) is 1.72. The Hall–Kier alpha value is -1.52. The van der Waals surface area contributed by atoms with E-state index in [9.17, 15) is 9.59 Å². The number of nitrogens with zero attached hydrogens (tertiary/aromatic N) is 1. The van der Waals surface area contributed by atoms with Gasteiger partial charge >= 0.3 is 12.1 Å². The molecular weight excluding hydrogens is 210 g/mol. The molecule has 0 aromatic carbocycles. The van der Waals surface area contributed by atoms with Gasteiger partial charge in [0.05, 0.1) is 19.8 Å². The van der Waals surface area contributed by atoms with Crippen molar-refractivity contribution in [2.45, 2.75) is 25.8 Å². The van der Waals surface area contributed by atoms with Crippen LogP contribution in [0.4, 0.5) is 4.79 Å². The number of carbonyl (C=O) groups is 2. The Bertz CT molecular complexity index is 288. The van der Waals surface area contributed by atoms with Crippen molar-refractivity contribution in [2.24, 2.45) is 0 Å². The van der Waals surface area contributed by atoms with Gasteiger partial charge in [0.15, 0.2) is 0 Å². The summed E-state index contributed by atoms with van der Waals surface area (Å²) in [4.78, 5) is 24.1. The van der Waals surface area contributed by atoms with Crippen molar-refractivity contribution in [1.82, 2.24) is 4.90 Å². The van der Waals surface area contributed by atoms with Crippen LogP contribution in [0.3, 0.4) is 0 Å². The lowest BCUT2D eigenvalue weighted by Crippen LogP contribution is -2.34. The number of hydrogen-bond donors (Lipinski definition) is 0. The van der Waals surface area contributed by atoms with E-state index >= 15 is 0 Å². The van der Waals surface area contributed by atoms with Gasteiger partial charge in [-0.25, -0.2) is 9.59 Å². The lowest BCUT2D eigenvalue weighted by Gasteiger charge is -2.20. The van der Waals surface area contributed by atoms with E-state index in [0.29, 0.717) is 13.2 Å². The molecule has 16 heavy (non-hydrogen) atoms. The van der Waals surface area contributed by atoms with Gasteiger partial charge in [-0.15, -0.1) is 0 Å². The second-order valence-electron chi connectivity index (χ2n) is 3.48. The first-order valence-electron chi connectivity index (χ1n) is 5.38. The van der Waals surface area contributed by atoms with E-state index in [4.69, 9.17) is 4.74 Å². The Labute approximate surface area is 95.0 Å². The van der Waals surface area contributed by atoms with Crippen LogP contribution in [0.1, 0.15) is 19.8 Å². The Kier molecular flexibility index (Phi) is 4.82. The summed E-state index contributed by atoms with van der Waals surface area (Å²) in [6.07, 6.45) is 4.49. The average Bonchev–Trinajstić information content (AvgIpc) is 2.74. The second-order valence-corrected chi connectivity index (χ2v) is 3.48. The number of ether oxygens (including phenoxy) is 2. The molecule has 1 rings (SSSR count). The van der Waals surface area contributed by atoms with Gasteiger partial charge in [0.25, 0.3) is 0 Å². The quantitative estimate of drug-likeness (QED) is 0.539. The molecule has 0 N–H and O–H groups in total. The lowest BCUT2D eigenvalue weighted by atomic mass is 10.2. The van der Waals surface area contributed by atoms with E-state index in [2.05, 4.69) is 4.74 Å². The van der Waals surface area contributed by atoms with Crippen LogP contribution in [0.5, 0.6) is 0 Å². The summed E-state index contributed by atoms with van der Waals surface area (Å²) in [5.74, 6) is -0.376. The number of amides is 1. The third-order valence-electron chi connectivity index (χ3n) is 2.45. The molecule has 0 aromatic rings. The van der Waals surface area contributed by atoms with E-state index in [1.54, 1.807) is 17.9 Å². The molecule has 5 nitrogen and oxygen atoms in total. The maximum absolute atomic E-state index is 11.3. The zero-order valence-corrected chi connectivity index (χ0v) is 9.64. The third kappa shape index (κ3) is 3.25. The standard InChI is InChI=1S/C11H17NO4/c1-3-16-10(13)7-6-9-5-4-8-12(9)11(14)15-2/h6-7,9H,3-5,8H2,1-2H3/b7-6+. The van der Waals surface area contributed by atoms with Gasteiger partial charge in [0.2, 0.25) is 0 Å². The molecule has 90 valence electrons. The summed E-state index contributed by atoms with van der Waals surface area (Å²) < 4.78 is 9.42. The molecule has 0 radical (unpaired) electrons. The zero-order chi connectivity index (χ0) is 12.0. The van der Waals surface area contributed by atoms with Crippen molar-refractivity contribution in [3.05, 3.63) is 12.2 Å². The molecule has 1 aliphatic heterocycles. The first-order valence-corrected chi connectivity index (χ1v) is 5.38. The second kappa shape index (κ2) is 6.15. The van der Waals surface area contributed by atoms with Crippen molar-refractivity contribution < 1.29 is 19.1 Å². The van der Waals surface area contributed by atoms with Crippen LogP contribution in [-0.2, 0) is 14.3 Å². The predicted octanol–water partition coefficient (Wildman–Crippen LogP) is 1.34. The monoisotopic (exact) mass is 227 g/mol. The number of esters is 1. The highest BCUT2D eigenvalue weighted by Gasteiger charge is 2.27. The van der Waals surface area contributed by atoms with Crippen molar-refractivity contribution >= 4 is 12.1 Å². The molecular formula is C11H17NO4. The number of rotatable bonds is 3. The van der Waals surface area contributed by atoms with E-state index in [1.165, 1.54) is 13.2 Å². The van der Waals surface area contributed by atoms with Crippen LogP contribution >= 0.6 is 0 Å². The van der Waals surface area contributed by atoms with Crippen LogP contribution in [0, 0.1) is 0 Å². The van der Waals surface area contributed by atoms with Crippen molar-refractivity contribution in [3.8, 4) is 0 Å². The van der Waals surface area contributed by atoms with Gasteiger partial charge in [0, 0.05) is 12.6 Å². The summed E-state index contributed by atoms with van der Waals surface area (Å²) in [6.45, 7) is 2.78. The molecule has 1 unspecified atom stereocenters. The number of likely N-dealkylation sites (tertiary alicyclic amines) is 1. The molecule has 1 atom stereocenters. The van der Waals surface area contributed by atoms with Crippen LogP contribution < -0.4 is 0 Å². The third-order valence-corrected chi connectivity index (χ3v) is 2.45. The molecule has 0 aromatic heterocycles. The molecule has 0 aliphatic carbocycles. The Morgan fingerprint density at radius 1 is 1.50 bits per heavy atom. The topological polar surface area (TPSA) is 55.8 Å². The first kappa shape index (κ1) is 12.5. The summed E-state index contributed by atoms with van der Waals surface area (Å²) in [5.41, 5.74) is 0. The zero-order valence-electron chi connectivity index (χ0n) is 9.64. The molecule has 0 spiro atoms. The minimum Gasteiger partial charge on any atom is -0.463 e. The van der Waals surface area contributed by atoms with Gasteiger partial charge < -0.3 is 14.4 Å². The van der Waals surface area contributed by atoms with Crippen molar-refractivity contribution in [1.29, 1.82) is 0 Å². The molecule has 1 aliphatic rings. The van der Waals surface area contributed by atoms with Gasteiger partial charge in [-0.05, 0) is 19.8 Å². The average molecular weight is 227 g/mol. The highest BCUT2D eigenvalue weighted by Crippen LogP contribution is 2.18. The maximum atomic E-state index is 11.3. The molecule has 1 saturated heterocycles. The minimum absolute atomic E-state index is 0.0585. The number of hydrogen-bond acceptors (Lipinski definition) is 4. The SMILES string of the molecule is CCOC(=O)/C=C/C1CCCN1C(=O)OC. The van der Waals surface area contributed by atoms with E-state index in [-0.39, 0.29) is 18.1 Å². The van der Waals surface area contributed by atoms with E-state index in [1.807, 2.05) is 0 Å². The van der Waals surface area contributed by atoms with Crippen LogP contribution in [0.15, 0.2) is 12.2 Å². The van der Waals surface area contributed by atoms with Crippen molar-refractivity contribution in [2.75, 3.05) is 20.3 Å². The van der Waals surface area contributed by atoms with Crippen molar-refractivity contribution in [3.63, 3.8) is 0 Å². The van der Waals surface area contributed by atoms with Gasteiger partial charge in [-0.2, -0.15) is 0 Å². The van der Waals surface area contributed by atoms with Gasteiger partial charge in [0.1, 0.15) is 0 Å². The fraction of sp³-hybridized carbons (Fsp3) is 0.636. The number of methoxy groups -OCH3 is 1. The summed E-state index contributed by atoms with van der Waals surface area (Å²) >= 11 is 0. The molecule has 1 fully saturated rings. The Morgan fingerprint density at radius 2 is 2.25 bits per heavy atom. The van der Waals surface area contributed by atoms with Gasteiger partial charge in [-0.1, -0.05) is 6.08 Å². The molecule has 1 amide bonds. The predicted molar refractivity (Wildman–Crippen MR) is 57.9 cm³/mol. The highest BCUT2D eigenvalue weighted by molar-refractivity contribution is 5.82. The van der Waals surface area contributed by atoms with E-state index in [0.717, 1.165) is 12.8 Å². The summed E-state index contributed by atoms with van der Waals surface area (Å²) in [6, 6.07) is -0.0585. The Balaban J connectivity index is 2.52. The van der Waals surface area contributed by atoms with Crippen LogP contribution in [0.25, 0.3) is 0 Å². The first-order chi connectivity index (χ1) is 7.69. The normalized spacial score (nSPS) is 20.1. The fourth-order valence-electron chi connectivity index (χ4n) is 1.72. The van der Waals surface area contributed by atoms with Gasteiger partial charge in [-0.3, -0.25) is 0 Å². The lowest BCUT2D eigenvalue weighted by molar-refractivity contribution is -0.137. The molecule has 1 heterocycles. The smallest absolute Gasteiger partial charge is 0.409 e. The molecule has 0 bridgehead atoms. The largest absolute Gasteiger partial charge is 0.463 e. The summed E-state index contributed by atoms with van der Waals surface area (Å²) in [7, 11) is 1.35. The highest BCUT2D eigenvalue weighted by atomic mass is 16.5. The molecule has 0 saturated carbocycles. The van der Waals surface area contributed by atoms with E-state index < -0.39 is 0 Å². The van der Waals surface area contributed by atoms with Crippen LogP contribution in [0.2, 0.25) is 0 Å².